The standard InChI is InChI=1S/C11H17NO2S/c1-8(12)11(2,6-10(13)14-3)9-4-5-15-7-9/h4-5,7-8H,6,12H2,1-3H3. The molecule has 0 aliphatic heterocycles. The number of hydrogen-bond donors (Lipinski definition) is 1. The van der Waals surface area contributed by atoms with Gasteiger partial charge in [0.1, 0.15) is 0 Å². The van der Waals surface area contributed by atoms with Gasteiger partial charge in [0.25, 0.3) is 0 Å². The quantitative estimate of drug-likeness (QED) is 0.799. The SMILES string of the molecule is COC(=O)CC(C)(c1ccsc1)C(C)N. The first-order valence-electron chi connectivity index (χ1n) is 4.86. The van der Waals surface area contributed by atoms with Crippen molar-refractivity contribution in [3.63, 3.8) is 0 Å². The van der Waals surface area contributed by atoms with Crippen molar-refractivity contribution in [2.45, 2.75) is 31.7 Å². The third kappa shape index (κ3) is 2.58. The monoisotopic (exact) mass is 227 g/mol. The van der Waals surface area contributed by atoms with E-state index in [1.807, 2.05) is 30.7 Å². The van der Waals surface area contributed by atoms with Gasteiger partial charge < -0.3 is 10.5 Å². The van der Waals surface area contributed by atoms with Gasteiger partial charge in [-0.3, -0.25) is 4.79 Å². The summed E-state index contributed by atoms with van der Waals surface area (Å²) < 4.78 is 4.70. The molecule has 0 aliphatic carbocycles. The van der Waals surface area contributed by atoms with E-state index in [0.29, 0.717) is 6.42 Å². The molecule has 2 unspecified atom stereocenters. The summed E-state index contributed by atoms with van der Waals surface area (Å²) in [6.07, 6.45) is 0.317. The molecule has 2 N–H and O–H groups in total. The Morgan fingerprint density at radius 2 is 2.40 bits per heavy atom. The second-order valence-corrected chi connectivity index (χ2v) is 4.75. The van der Waals surface area contributed by atoms with Crippen LogP contribution in [0.15, 0.2) is 16.8 Å². The van der Waals surface area contributed by atoms with Crippen LogP contribution in [0.2, 0.25) is 0 Å². The highest BCUT2D eigenvalue weighted by atomic mass is 32.1. The Kier molecular flexibility index (Phi) is 3.88. The van der Waals surface area contributed by atoms with Gasteiger partial charge in [-0.25, -0.2) is 0 Å². The normalized spacial score (nSPS) is 16.8. The molecule has 0 bridgehead atoms. The van der Waals surface area contributed by atoms with Gasteiger partial charge in [-0.2, -0.15) is 11.3 Å². The Balaban J connectivity index is 2.94. The molecule has 0 fully saturated rings. The molecule has 1 aromatic rings. The Morgan fingerprint density at radius 3 is 2.80 bits per heavy atom. The second kappa shape index (κ2) is 4.77. The van der Waals surface area contributed by atoms with Crippen molar-refractivity contribution < 1.29 is 9.53 Å². The zero-order valence-electron chi connectivity index (χ0n) is 9.32. The molecule has 0 amide bonds. The van der Waals surface area contributed by atoms with E-state index in [2.05, 4.69) is 0 Å². The minimum Gasteiger partial charge on any atom is -0.469 e. The molecule has 0 radical (unpaired) electrons. The number of methoxy groups -OCH3 is 1. The van der Waals surface area contributed by atoms with Crippen LogP contribution in [-0.4, -0.2) is 19.1 Å². The summed E-state index contributed by atoms with van der Waals surface area (Å²) in [7, 11) is 1.40. The number of carbonyl (C=O) groups excluding carboxylic acids is 1. The van der Waals surface area contributed by atoms with E-state index in [1.54, 1.807) is 11.3 Å². The molecule has 84 valence electrons. The fraction of sp³-hybridized carbons (Fsp3) is 0.545. The van der Waals surface area contributed by atoms with Crippen LogP contribution in [0.5, 0.6) is 0 Å². The Morgan fingerprint density at radius 1 is 1.73 bits per heavy atom. The van der Waals surface area contributed by atoms with Crippen molar-refractivity contribution in [2.75, 3.05) is 7.11 Å². The summed E-state index contributed by atoms with van der Waals surface area (Å²) in [4.78, 5) is 11.4. The summed E-state index contributed by atoms with van der Waals surface area (Å²) in [6.45, 7) is 3.91. The molecule has 15 heavy (non-hydrogen) atoms. The Bertz CT molecular complexity index is 321. The molecule has 0 aliphatic rings. The van der Waals surface area contributed by atoms with Gasteiger partial charge in [0.05, 0.1) is 13.5 Å². The van der Waals surface area contributed by atoms with Gasteiger partial charge in [-0.1, -0.05) is 6.92 Å². The molecule has 1 aromatic heterocycles. The van der Waals surface area contributed by atoms with Gasteiger partial charge in [0, 0.05) is 11.5 Å². The fourth-order valence-electron chi connectivity index (χ4n) is 1.49. The summed E-state index contributed by atoms with van der Waals surface area (Å²) in [5.74, 6) is -0.221. The molecule has 4 heteroatoms. The highest BCUT2D eigenvalue weighted by Crippen LogP contribution is 2.32. The second-order valence-electron chi connectivity index (χ2n) is 3.97. The maximum atomic E-state index is 11.4. The molecule has 0 spiro atoms. The first-order chi connectivity index (χ1) is 7.00. The van der Waals surface area contributed by atoms with Crippen LogP contribution in [0.1, 0.15) is 25.8 Å². The molecule has 2 atom stereocenters. The summed E-state index contributed by atoms with van der Waals surface area (Å²) >= 11 is 1.61. The summed E-state index contributed by atoms with van der Waals surface area (Å²) in [6, 6.07) is 1.92. The minimum absolute atomic E-state index is 0.0915. The number of rotatable bonds is 4. The highest BCUT2D eigenvalue weighted by Gasteiger charge is 2.34. The average molecular weight is 227 g/mol. The molecule has 1 heterocycles. The van der Waals surface area contributed by atoms with Crippen LogP contribution in [-0.2, 0) is 14.9 Å². The molecule has 1 rings (SSSR count). The van der Waals surface area contributed by atoms with Gasteiger partial charge in [0.15, 0.2) is 0 Å². The van der Waals surface area contributed by atoms with E-state index >= 15 is 0 Å². The van der Waals surface area contributed by atoms with Crippen molar-refractivity contribution in [2.24, 2.45) is 5.73 Å². The minimum atomic E-state index is -0.340. The van der Waals surface area contributed by atoms with Crippen molar-refractivity contribution in [3.8, 4) is 0 Å². The van der Waals surface area contributed by atoms with Gasteiger partial charge >= 0.3 is 5.97 Å². The van der Waals surface area contributed by atoms with E-state index < -0.39 is 0 Å². The number of carbonyl (C=O) groups is 1. The van der Waals surface area contributed by atoms with E-state index in [1.165, 1.54) is 7.11 Å². The fourth-order valence-corrected chi connectivity index (χ4v) is 2.29. The summed E-state index contributed by atoms with van der Waals surface area (Å²) in [5.41, 5.74) is 6.73. The van der Waals surface area contributed by atoms with Gasteiger partial charge in [0.2, 0.25) is 0 Å². The predicted octanol–water partition coefficient (Wildman–Crippen LogP) is 1.92. The molecule has 3 nitrogen and oxygen atoms in total. The molecule has 0 saturated carbocycles. The maximum Gasteiger partial charge on any atom is 0.306 e. The molecular weight excluding hydrogens is 210 g/mol. The lowest BCUT2D eigenvalue weighted by Crippen LogP contribution is -2.42. The van der Waals surface area contributed by atoms with Crippen molar-refractivity contribution in [1.82, 2.24) is 0 Å². The maximum absolute atomic E-state index is 11.4. The van der Waals surface area contributed by atoms with Crippen LogP contribution < -0.4 is 5.73 Å². The van der Waals surface area contributed by atoms with Crippen LogP contribution in [0.25, 0.3) is 0 Å². The lowest BCUT2D eigenvalue weighted by molar-refractivity contribution is -0.142. The molecule has 0 saturated heterocycles. The van der Waals surface area contributed by atoms with Crippen molar-refractivity contribution >= 4 is 17.3 Å². The van der Waals surface area contributed by atoms with Gasteiger partial charge in [-0.05, 0) is 29.3 Å². The lowest BCUT2D eigenvalue weighted by atomic mass is 9.75. The van der Waals surface area contributed by atoms with E-state index in [4.69, 9.17) is 10.5 Å². The number of ether oxygens (including phenoxy) is 1. The van der Waals surface area contributed by atoms with Gasteiger partial charge in [-0.15, -0.1) is 0 Å². The van der Waals surface area contributed by atoms with E-state index in [0.717, 1.165) is 5.56 Å². The lowest BCUT2D eigenvalue weighted by Gasteiger charge is -2.32. The number of thiophene rings is 1. The molecular formula is C11H17NO2S. The topological polar surface area (TPSA) is 52.3 Å². The Labute approximate surface area is 94.2 Å². The third-order valence-corrected chi connectivity index (χ3v) is 3.61. The number of esters is 1. The summed E-state index contributed by atoms with van der Waals surface area (Å²) in [5, 5.41) is 4.03. The predicted molar refractivity (Wildman–Crippen MR) is 62.0 cm³/mol. The van der Waals surface area contributed by atoms with Crippen LogP contribution >= 0.6 is 11.3 Å². The third-order valence-electron chi connectivity index (χ3n) is 2.92. The van der Waals surface area contributed by atoms with Crippen LogP contribution in [0.4, 0.5) is 0 Å². The largest absolute Gasteiger partial charge is 0.469 e. The highest BCUT2D eigenvalue weighted by molar-refractivity contribution is 7.08. The van der Waals surface area contributed by atoms with E-state index in [-0.39, 0.29) is 17.4 Å². The first-order valence-corrected chi connectivity index (χ1v) is 5.80. The zero-order valence-corrected chi connectivity index (χ0v) is 10.1. The average Bonchev–Trinajstić information content (AvgIpc) is 2.70. The molecule has 0 aromatic carbocycles. The first kappa shape index (κ1) is 12.2. The van der Waals surface area contributed by atoms with Crippen LogP contribution in [0, 0.1) is 0 Å². The zero-order chi connectivity index (χ0) is 11.5. The number of hydrogen-bond acceptors (Lipinski definition) is 4. The Hall–Kier alpha value is -0.870. The van der Waals surface area contributed by atoms with E-state index in [9.17, 15) is 4.79 Å². The van der Waals surface area contributed by atoms with Crippen LogP contribution in [0.3, 0.4) is 0 Å². The van der Waals surface area contributed by atoms with Crippen molar-refractivity contribution in [3.05, 3.63) is 22.4 Å². The van der Waals surface area contributed by atoms with Crippen molar-refractivity contribution in [1.29, 1.82) is 0 Å². The smallest absolute Gasteiger partial charge is 0.306 e. The number of nitrogens with two attached hydrogens (primary N) is 1.